The van der Waals surface area contributed by atoms with Gasteiger partial charge in [0, 0.05) is 6.54 Å². The number of ether oxygens (including phenoxy) is 2. The molecule has 3 rings (SSSR count). The van der Waals surface area contributed by atoms with E-state index in [9.17, 15) is 9.59 Å². The number of rotatable bonds is 6. The highest BCUT2D eigenvalue weighted by Gasteiger charge is 2.28. The van der Waals surface area contributed by atoms with Crippen molar-refractivity contribution >= 4 is 17.5 Å². The first-order valence-corrected chi connectivity index (χ1v) is 8.75. The van der Waals surface area contributed by atoms with Gasteiger partial charge in [0.05, 0.1) is 11.3 Å². The largest absolute Gasteiger partial charge is 0.485 e. The van der Waals surface area contributed by atoms with Gasteiger partial charge in [-0.25, -0.2) is 0 Å². The number of anilines is 1. The Morgan fingerprint density at radius 3 is 2.62 bits per heavy atom. The minimum atomic E-state index is -0.777. The standard InChI is InChI=1S/C20H22N2O4/c1-2-3-12-21-19(23)14-8-4-5-9-15(14)22-20(24)18-13-25-16-10-6-7-11-17(16)26-18/h4-11,18H,2-3,12-13H2,1H3,(H,21,23)(H,22,24)/t18-/m0/s1. The van der Waals surface area contributed by atoms with Gasteiger partial charge < -0.3 is 20.1 Å². The molecule has 0 radical (unpaired) electrons. The van der Waals surface area contributed by atoms with E-state index in [0.29, 0.717) is 29.3 Å². The van der Waals surface area contributed by atoms with Crippen molar-refractivity contribution in [2.45, 2.75) is 25.9 Å². The zero-order valence-electron chi connectivity index (χ0n) is 14.7. The lowest BCUT2D eigenvalue weighted by Gasteiger charge is -2.25. The van der Waals surface area contributed by atoms with Gasteiger partial charge in [0.2, 0.25) is 6.10 Å². The maximum Gasteiger partial charge on any atom is 0.269 e. The second kappa shape index (κ2) is 8.38. The van der Waals surface area contributed by atoms with E-state index >= 15 is 0 Å². The molecule has 1 aliphatic rings. The zero-order valence-corrected chi connectivity index (χ0v) is 14.7. The first-order valence-electron chi connectivity index (χ1n) is 8.75. The summed E-state index contributed by atoms with van der Waals surface area (Å²) in [6, 6.07) is 14.1. The van der Waals surface area contributed by atoms with Gasteiger partial charge in [0.1, 0.15) is 6.61 Å². The maximum atomic E-state index is 12.6. The molecule has 0 fully saturated rings. The smallest absolute Gasteiger partial charge is 0.269 e. The van der Waals surface area contributed by atoms with E-state index in [4.69, 9.17) is 9.47 Å². The molecule has 2 amide bonds. The van der Waals surface area contributed by atoms with Crippen LogP contribution >= 0.6 is 0 Å². The van der Waals surface area contributed by atoms with Crippen molar-refractivity contribution in [2.75, 3.05) is 18.5 Å². The van der Waals surface area contributed by atoms with E-state index in [2.05, 4.69) is 17.6 Å². The number of unbranched alkanes of at least 4 members (excludes halogenated alkanes) is 1. The number of hydrogen-bond donors (Lipinski definition) is 2. The molecule has 2 aromatic carbocycles. The van der Waals surface area contributed by atoms with Crippen molar-refractivity contribution in [1.82, 2.24) is 5.32 Å². The average Bonchev–Trinajstić information content (AvgIpc) is 2.68. The van der Waals surface area contributed by atoms with Crippen LogP contribution in [0.25, 0.3) is 0 Å². The van der Waals surface area contributed by atoms with Gasteiger partial charge in [0.15, 0.2) is 11.5 Å². The SMILES string of the molecule is CCCCNC(=O)c1ccccc1NC(=O)[C@@H]1COc2ccccc2O1. The van der Waals surface area contributed by atoms with Crippen LogP contribution in [0.15, 0.2) is 48.5 Å². The minimum Gasteiger partial charge on any atom is -0.485 e. The fraction of sp³-hybridized carbons (Fsp3) is 0.300. The Kier molecular flexibility index (Phi) is 5.73. The Morgan fingerprint density at radius 2 is 1.81 bits per heavy atom. The van der Waals surface area contributed by atoms with Crippen LogP contribution in [0.3, 0.4) is 0 Å². The monoisotopic (exact) mass is 354 g/mol. The number of hydrogen-bond acceptors (Lipinski definition) is 4. The van der Waals surface area contributed by atoms with Crippen LogP contribution in [0.2, 0.25) is 0 Å². The number of benzene rings is 2. The summed E-state index contributed by atoms with van der Waals surface area (Å²) in [6.07, 6.45) is 1.13. The van der Waals surface area contributed by atoms with E-state index < -0.39 is 6.10 Å². The van der Waals surface area contributed by atoms with Gasteiger partial charge in [-0.3, -0.25) is 9.59 Å². The molecule has 26 heavy (non-hydrogen) atoms. The second-order valence-electron chi connectivity index (χ2n) is 6.01. The Hall–Kier alpha value is -3.02. The molecule has 6 heteroatoms. The van der Waals surface area contributed by atoms with E-state index in [-0.39, 0.29) is 18.4 Å². The summed E-state index contributed by atoms with van der Waals surface area (Å²) in [6.45, 7) is 2.78. The Labute approximate surface area is 152 Å². The van der Waals surface area contributed by atoms with Gasteiger partial charge in [-0.05, 0) is 30.7 Å². The van der Waals surface area contributed by atoms with Crippen LogP contribution in [0.5, 0.6) is 11.5 Å². The number of amides is 2. The van der Waals surface area contributed by atoms with Gasteiger partial charge in [-0.2, -0.15) is 0 Å². The highest BCUT2D eigenvalue weighted by atomic mass is 16.6. The molecule has 1 atom stereocenters. The van der Waals surface area contributed by atoms with E-state index in [1.807, 2.05) is 12.1 Å². The van der Waals surface area contributed by atoms with Crippen molar-refractivity contribution in [3.63, 3.8) is 0 Å². The third kappa shape index (κ3) is 4.14. The van der Waals surface area contributed by atoms with Crippen molar-refractivity contribution in [2.24, 2.45) is 0 Å². The molecule has 0 aromatic heterocycles. The molecule has 0 aliphatic carbocycles. The van der Waals surface area contributed by atoms with Crippen LogP contribution in [0.1, 0.15) is 30.1 Å². The van der Waals surface area contributed by atoms with Crippen LogP contribution in [0, 0.1) is 0 Å². The number of carbonyl (C=O) groups excluding carboxylic acids is 2. The molecule has 136 valence electrons. The van der Waals surface area contributed by atoms with E-state index in [0.717, 1.165) is 12.8 Å². The fourth-order valence-electron chi connectivity index (χ4n) is 2.63. The molecule has 0 saturated heterocycles. The molecule has 0 unspecified atom stereocenters. The van der Waals surface area contributed by atoms with E-state index in [1.165, 1.54) is 0 Å². The summed E-state index contributed by atoms with van der Waals surface area (Å²) in [4.78, 5) is 24.9. The summed E-state index contributed by atoms with van der Waals surface area (Å²) in [7, 11) is 0. The molecular weight excluding hydrogens is 332 g/mol. The lowest BCUT2D eigenvalue weighted by Crippen LogP contribution is -2.40. The highest BCUT2D eigenvalue weighted by molar-refractivity contribution is 6.04. The molecule has 2 N–H and O–H groups in total. The number of para-hydroxylation sites is 3. The third-order valence-corrected chi connectivity index (χ3v) is 4.05. The molecule has 2 aromatic rings. The van der Waals surface area contributed by atoms with Gasteiger partial charge in [-0.1, -0.05) is 37.6 Å². The van der Waals surface area contributed by atoms with Crippen LogP contribution < -0.4 is 20.1 Å². The summed E-state index contributed by atoms with van der Waals surface area (Å²) >= 11 is 0. The van der Waals surface area contributed by atoms with Crippen LogP contribution in [0.4, 0.5) is 5.69 Å². The fourth-order valence-corrected chi connectivity index (χ4v) is 2.63. The quantitative estimate of drug-likeness (QED) is 0.782. The van der Waals surface area contributed by atoms with Crippen LogP contribution in [-0.4, -0.2) is 31.1 Å². The first kappa shape index (κ1) is 17.8. The number of carbonyl (C=O) groups is 2. The molecular formula is C20H22N2O4. The van der Waals surface area contributed by atoms with Crippen molar-refractivity contribution in [3.05, 3.63) is 54.1 Å². The molecule has 0 spiro atoms. The molecule has 1 heterocycles. The topological polar surface area (TPSA) is 76.7 Å². The summed E-state index contributed by atoms with van der Waals surface area (Å²) < 4.78 is 11.3. The normalized spacial score (nSPS) is 15.2. The van der Waals surface area contributed by atoms with Gasteiger partial charge >= 0.3 is 0 Å². The Bertz CT molecular complexity index is 791. The molecule has 6 nitrogen and oxygen atoms in total. The van der Waals surface area contributed by atoms with Crippen molar-refractivity contribution in [1.29, 1.82) is 0 Å². The molecule has 0 bridgehead atoms. The first-order chi connectivity index (χ1) is 12.7. The molecule has 0 saturated carbocycles. The van der Waals surface area contributed by atoms with Crippen LogP contribution in [-0.2, 0) is 4.79 Å². The van der Waals surface area contributed by atoms with Gasteiger partial charge in [-0.15, -0.1) is 0 Å². The average molecular weight is 354 g/mol. The predicted molar refractivity (Wildman–Crippen MR) is 98.7 cm³/mol. The van der Waals surface area contributed by atoms with E-state index in [1.54, 1.807) is 36.4 Å². The zero-order chi connectivity index (χ0) is 18.4. The number of nitrogens with one attached hydrogen (secondary N) is 2. The maximum absolute atomic E-state index is 12.6. The Morgan fingerprint density at radius 1 is 1.08 bits per heavy atom. The van der Waals surface area contributed by atoms with Crippen molar-refractivity contribution < 1.29 is 19.1 Å². The lowest BCUT2D eigenvalue weighted by atomic mass is 10.1. The third-order valence-electron chi connectivity index (χ3n) is 4.05. The summed E-state index contributed by atoms with van der Waals surface area (Å²) in [5.74, 6) is 0.588. The summed E-state index contributed by atoms with van der Waals surface area (Å²) in [5.41, 5.74) is 0.878. The van der Waals surface area contributed by atoms with Gasteiger partial charge in [0.25, 0.3) is 11.8 Å². The molecule has 1 aliphatic heterocycles. The lowest BCUT2D eigenvalue weighted by molar-refractivity contribution is -0.125. The number of fused-ring (bicyclic) bond motifs is 1. The van der Waals surface area contributed by atoms with Crippen molar-refractivity contribution in [3.8, 4) is 11.5 Å². The predicted octanol–water partition coefficient (Wildman–Crippen LogP) is 3.00. The minimum absolute atomic E-state index is 0.119. The Balaban J connectivity index is 1.67. The highest BCUT2D eigenvalue weighted by Crippen LogP contribution is 2.31. The summed E-state index contributed by atoms with van der Waals surface area (Å²) in [5, 5.41) is 5.64. The second-order valence-corrected chi connectivity index (χ2v) is 6.01.